The first-order valence-corrected chi connectivity index (χ1v) is 3.45. The molecular weight excluding hydrogens is 132 g/mol. The Morgan fingerprint density at radius 2 is 2.30 bits per heavy atom. The SMILES string of the molecule is CCCCNCC(=O)NO. The zero-order chi connectivity index (χ0) is 7.82. The van der Waals surface area contributed by atoms with Crippen molar-refractivity contribution in [2.75, 3.05) is 13.1 Å². The van der Waals surface area contributed by atoms with Crippen molar-refractivity contribution in [1.29, 1.82) is 0 Å². The summed E-state index contributed by atoms with van der Waals surface area (Å²) in [5.74, 6) is -0.392. The van der Waals surface area contributed by atoms with E-state index in [1.165, 1.54) is 0 Å². The van der Waals surface area contributed by atoms with Gasteiger partial charge in [-0.25, -0.2) is 5.48 Å². The molecule has 0 aliphatic carbocycles. The van der Waals surface area contributed by atoms with Gasteiger partial charge in [0.1, 0.15) is 0 Å². The van der Waals surface area contributed by atoms with Crippen molar-refractivity contribution in [3.63, 3.8) is 0 Å². The number of hydrogen-bond donors (Lipinski definition) is 3. The lowest BCUT2D eigenvalue weighted by Gasteiger charge is -2.00. The summed E-state index contributed by atoms with van der Waals surface area (Å²) in [4.78, 5) is 10.4. The zero-order valence-corrected chi connectivity index (χ0v) is 6.18. The number of amides is 1. The second-order valence-electron chi connectivity index (χ2n) is 2.07. The van der Waals surface area contributed by atoms with Crippen molar-refractivity contribution < 1.29 is 10.0 Å². The molecule has 0 rings (SSSR count). The molecule has 3 N–H and O–H groups in total. The molecule has 0 radical (unpaired) electrons. The first-order valence-electron chi connectivity index (χ1n) is 3.45. The highest BCUT2D eigenvalue weighted by Gasteiger charge is 1.94. The minimum Gasteiger partial charge on any atom is -0.308 e. The van der Waals surface area contributed by atoms with Crippen LogP contribution in [0.5, 0.6) is 0 Å². The van der Waals surface area contributed by atoms with Gasteiger partial charge in [0, 0.05) is 0 Å². The summed E-state index contributed by atoms with van der Waals surface area (Å²) in [6.45, 7) is 3.09. The zero-order valence-electron chi connectivity index (χ0n) is 6.18. The average Bonchev–Trinajstić information content (AvgIpc) is 1.98. The summed E-state index contributed by atoms with van der Waals surface area (Å²) in [5.41, 5.74) is 1.54. The van der Waals surface area contributed by atoms with E-state index in [9.17, 15) is 4.79 Å². The van der Waals surface area contributed by atoms with Gasteiger partial charge < -0.3 is 5.32 Å². The van der Waals surface area contributed by atoms with Crippen LogP contribution in [0.1, 0.15) is 19.8 Å². The van der Waals surface area contributed by atoms with Crippen LogP contribution in [-0.4, -0.2) is 24.2 Å². The average molecular weight is 146 g/mol. The van der Waals surface area contributed by atoms with Crippen LogP contribution in [0.2, 0.25) is 0 Å². The van der Waals surface area contributed by atoms with E-state index in [1.807, 2.05) is 0 Å². The van der Waals surface area contributed by atoms with Crippen LogP contribution >= 0.6 is 0 Å². The topological polar surface area (TPSA) is 61.4 Å². The highest BCUT2D eigenvalue weighted by Crippen LogP contribution is 1.80. The summed E-state index contributed by atoms with van der Waals surface area (Å²) in [5, 5.41) is 10.9. The second-order valence-corrected chi connectivity index (χ2v) is 2.07. The van der Waals surface area contributed by atoms with Crippen LogP contribution in [0.3, 0.4) is 0 Å². The molecule has 0 spiro atoms. The number of rotatable bonds is 5. The van der Waals surface area contributed by atoms with E-state index >= 15 is 0 Å². The Kier molecular flexibility index (Phi) is 6.11. The molecule has 0 aliphatic rings. The minimum atomic E-state index is -0.392. The number of unbranched alkanes of at least 4 members (excludes halogenated alkanes) is 1. The van der Waals surface area contributed by atoms with Crippen LogP contribution < -0.4 is 10.8 Å². The molecule has 1 amide bonds. The summed E-state index contributed by atoms with van der Waals surface area (Å²) < 4.78 is 0. The van der Waals surface area contributed by atoms with Gasteiger partial charge in [-0.3, -0.25) is 10.0 Å². The predicted molar refractivity (Wildman–Crippen MR) is 37.7 cm³/mol. The number of nitrogens with one attached hydrogen (secondary N) is 2. The molecular formula is C6H14N2O2. The number of carbonyl (C=O) groups is 1. The van der Waals surface area contributed by atoms with Crippen LogP contribution in [0, 0.1) is 0 Å². The van der Waals surface area contributed by atoms with Crippen molar-refractivity contribution in [2.24, 2.45) is 0 Å². The number of hydrogen-bond acceptors (Lipinski definition) is 3. The van der Waals surface area contributed by atoms with E-state index in [4.69, 9.17) is 5.21 Å². The van der Waals surface area contributed by atoms with Crippen LogP contribution in [0.4, 0.5) is 0 Å². The van der Waals surface area contributed by atoms with E-state index in [0.29, 0.717) is 0 Å². The lowest BCUT2D eigenvalue weighted by atomic mass is 10.3. The molecule has 0 saturated heterocycles. The second kappa shape index (κ2) is 6.51. The highest BCUT2D eigenvalue weighted by atomic mass is 16.5. The summed E-state index contributed by atoms with van der Waals surface area (Å²) >= 11 is 0. The maximum atomic E-state index is 10.4. The van der Waals surface area contributed by atoms with Crippen LogP contribution in [-0.2, 0) is 4.79 Å². The van der Waals surface area contributed by atoms with Gasteiger partial charge in [0.2, 0.25) is 0 Å². The third-order valence-electron chi connectivity index (χ3n) is 1.12. The first-order chi connectivity index (χ1) is 4.81. The Morgan fingerprint density at radius 1 is 1.60 bits per heavy atom. The Balaban J connectivity index is 2.96. The molecule has 0 heterocycles. The summed E-state index contributed by atoms with van der Waals surface area (Å²) in [6, 6.07) is 0. The molecule has 4 heteroatoms. The van der Waals surface area contributed by atoms with Crippen LogP contribution in [0.15, 0.2) is 0 Å². The number of hydroxylamine groups is 1. The van der Waals surface area contributed by atoms with Gasteiger partial charge in [-0.2, -0.15) is 0 Å². The van der Waals surface area contributed by atoms with Crippen molar-refractivity contribution >= 4 is 5.91 Å². The van der Waals surface area contributed by atoms with E-state index in [-0.39, 0.29) is 6.54 Å². The van der Waals surface area contributed by atoms with E-state index < -0.39 is 5.91 Å². The minimum absolute atomic E-state index is 0.191. The number of carbonyl (C=O) groups excluding carboxylic acids is 1. The van der Waals surface area contributed by atoms with Crippen molar-refractivity contribution in [1.82, 2.24) is 10.8 Å². The third kappa shape index (κ3) is 5.53. The molecule has 0 aliphatic heterocycles. The summed E-state index contributed by atoms with van der Waals surface area (Å²) in [7, 11) is 0. The Morgan fingerprint density at radius 3 is 2.80 bits per heavy atom. The van der Waals surface area contributed by atoms with Crippen molar-refractivity contribution in [2.45, 2.75) is 19.8 Å². The monoisotopic (exact) mass is 146 g/mol. The molecule has 0 unspecified atom stereocenters. The van der Waals surface area contributed by atoms with Gasteiger partial charge >= 0.3 is 0 Å². The molecule has 60 valence electrons. The van der Waals surface area contributed by atoms with Crippen LogP contribution in [0.25, 0.3) is 0 Å². The Labute approximate surface area is 60.6 Å². The van der Waals surface area contributed by atoms with Gasteiger partial charge in [-0.15, -0.1) is 0 Å². The van der Waals surface area contributed by atoms with Gasteiger partial charge in [-0.1, -0.05) is 13.3 Å². The fourth-order valence-corrected chi connectivity index (χ4v) is 0.543. The maximum absolute atomic E-state index is 10.4. The Bertz CT molecular complexity index is 95.7. The van der Waals surface area contributed by atoms with Crippen molar-refractivity contribution in [3.8, 4) is 0 Å². The van der Waals surface area contributed by atoms with Crippen molar-refractivity contribution in [3.05, 3.63) is 0 Å². The molecule has 4 nitrogen and oxygen atoms in total. The highest BCUT2D eigenvalue weighted by molar-refractivity contribution is 5.76. The maximum Gasteiger partial charge on any atom is 0.257 e. The fraction of sp³-hybridized carbons (Fsp3) is 0.833. The predicted octanol–water partition coefficient (Wildman–Crippen LogP) is -0.119. The quantitative estimate of drug-likeness (QED) is 0.288. The van der Waals surface area contributed by atoms with Gasteiger partial charge in [0.15, 0.2) is 0 Å². The molecule has 0 bridgehead atoms. The molecule has 10 heavy (non-hydrogen) atoms. The van der Waals surface area contributed by atoms with E-state index in [1.54, 1.807) is 5.48 Å². The smallest absolute Gasteiger partial charge is 0.257 e. The van der Waals surface area contributed by atoms with E-state index in [2.05, 4.69) is 12.2 Å². The first kappa shape index (κ1) is 9.39. The standard InChI is InChI=1S/C6H14N2O2/c1-2-3-4-7-5-6(9)8-10/h7,10H,2-5H2,1H3,(H,8,9). The molecule has 0 aromatic heterocycles. The van der Waals surface area contributed by atoms with Gasteiger partial charge in [0.25, 0.3) is 5.91 Å². The lowest BCUT2D eigenvalue weighted by Crippen LogP contribution is -2.32. The largest absolute Gasteiger partial charge is 0.308 e. The van der Waals surface area contributed by atoms with E-state index in [0.717, 1.165) is 19.4 Å². The Hall–Kier alpha value is -0.610. The molecule has 0 fully saturated rings. The fourth-order valence-electron chi connectivity index (χ4n) is 0.543. The van der Waals surface area contributed by atoms with Gasteiger partial charge in [-0.05, 0) is 13.0 Å². The third-order valence-corrected chi connectivity index (χ3v) is 1.12. The molecule has 0 aromatic carbocycles. The van der Waals surface area contributed by atoms with Gasteiger partial charge in [0.05, 0.1) is 6.54 Å². The normalized spacial score (nSPS) is 9.40. The summed E-state index contributed by atoms with van der Waals surface area (Å²) in [6.07, 6.45) is 2.16. The molecule has 0 saturated carbocycles. The molecule has 0 aromatic rings. The lowest BCUT2D eigenvalue weighted by molar-refractivity contribution is -0.128. The molecule has 0 atom stereocenters.